The highest BCUT2D eigenvalue weighted by Crippen LogP contribution is 2.30. The van der Waals surface area contributed by atoms with Crippen LogP contribution in [-0.2, 0) is 4.79 Å². The van der Waals surface area contributed by atoms with E-state index in [-0.39, 0.29) is 23.1 Å². The predicted molar refractivity (Wildman–Crippen MR) is 135 cm³/mol. The normalized spacial score (nSPS) is 14.4. The van der Waals surface area contributed by atoms with E-state index in [9.17, 15) is 14.7 Å². The van der Waals surface area contributed by atoms with Gasteiger partial charge in [-0.05, 0) is 40.9 Å². The van der Waals surface area contributed by atoms with Gasteiger partial charge in [-0.15, -0.1) is 0 Å². The highest BCUT2D eigenvalue weighted by atomic mass is 32.2. The average molecular weight is 497 g/mol. The number of Topliss-reactive ketones (excluding diaryl/α,β-unsaturated/α-hetero) is 1. The number of ketones is 1. The molecule has 1 aliphatic heterocycles. The molecular formula is C27H20N4O4S. The second kappa shape index (κ2) is 10.0. The Bertz CT molecular complexity index is 1500. The highest BCUT2D eigenvalue weighted by molar-refractivity contribution is 8.14. The largest absolute Gasteiger partial charge is 0.539 e. The average Bonchev–Trinajstić information content (AvgIpc) is 3.44. The van der Waals surface area contributed by atoms with Crippen molar-refractivity contribution >= 4 is 40.4 Å². The Balaban J connectivity index is 1.45. The lowest BCUT2D eigenvalue weighted by Crippen LogP contribution is -2.39. The van der Waals surface area contributed by atoms with Gasteiger partial charge in [0.25, 0.3) is 5.91 Å². The molecule has 0 atom stereocenters. The number of hydrogen-bond donors (Lipinski definition) is 0. The summed E-state index contributed by atoms with van der Waals surface area (Å²) in [5.41, 5.74) is 3.11. The number of aliphatic imine (C=N–C) groups is 1. The zero-order valence-corrected chi connectivity index (χ0v) is 20.0. The first-order valence-corrected chi connectivity index (χ1v) is 12.1. The van der Waals surface area contributed by atoms with Crippen molar-refractivity contribution in [2.75, 3.05) is 10.7 Å². The van der Waals surface area contributed by atoms with Crippen LogP contribution in [0.15, 0.2) is 100 Å². The molecule has 0 saturated heterocycles. The third-order valence-electron chi connectivity index (χ3n) is 5.53. The fourth-order valence-electron chi connectivity index (χ4n) is 3.72. The van der Waals surface area contributed by atoms with E-state index in [4.69, 9.17) is 4.52 Å². The second-order valence-corrected chi connectivity index (χ2v) is 8.87. The molecule has 0 unspecified atom stereocenters. The Labute approximate surface area is 211 Å². The van der Waals surface area contributed by atoms with Gasteiger partial charge in [0.1, 0.15) is 5.70 Å². The van der Waals surface area contributed by atoms with E-state index in [1.165, 1.54) is 9.58 Å². The molecule has 9 heteroatoms. The summed E-state index contributed by atoms with van der Waals surface area (Å²) in [5, 5.41) is 16.4. The Morgan fingerprint density at radius 3 is 2.42 bits per heavy atom. The van der Waals surface area contributed by atoms with Crippen molar-refractivity contribution in [3.63, 3.8) is 0 Å². The third-order valence-corrected chi connectivity index (χ3v) is 6.47. The molecule has 178 valence electrons. The second-order valence-electron chi connectivity index (χ2n) is 7.92. The maximum atomic E-state index is 13.4. The van der Waals surface area contributed by atoms with E-state index < -0.39 is 11.7 Å². The summed E-state index contributed by atoms with van der Waals surface area (Å²) in [6, 6.07) is 25.6. The summed E-state index contributed by atoms with van der Waals surface area (Å²) >= 11 is 1.07. The molecule has 4 aromatic rings. The van der Waals surface area contributed by atoms with Crippen LogP contribution in [0.5, 0.6) is 5.95 Å². The van der Waals surface area contributed by atoms with Gasteiger partial charge in [0, 0.05) is 12.1 Å². The number of hydrogen-bond acceptors (Lipinski definition) is 7. The summed E-state index contributed by atoms with van der Waals surface area (Å²) < 4.78 is 5.95. The molecule has 0 spiro atoms. The van der Waals surface area contributed by atoms with E-state index in [0.717, 1.165) is 22.9 Å². The maximum Gasteiger partial charge on any atom is 0.307 e. The lowest BCUT2D eigenvalue weighted by atomic mass is 10.1. The Morgan fingerprint density at radius 2 is 1.69 bits per heavy atom. The topological polar surface area (TPSA) is 103 Å². The van der Waals surface area contributed by atoms with Gasteiger partial charge in [0.15, 0.2) is 11.1 Å². The fraction of sp³-hybridized carbons (Fsp3) is 0.0741. The van der Waals surface area contributed by atoms with E-state index in [2.05, 4.69) is 10.3 Å². The minimum absolute atomic E-state index is 0.142. The van der Waals surface area contributed by atoms with Crippen molar-refractivity contribution in [1.29, 1.82) is 0 Å². The van der Waals surface area contributed by atoms with Crippen LogP contribution in [0.25, 0.3) is 11.8 Å². The molecule has 1 aromatic heterocycles. The van der Waals surface area contributed by atoms with E-state index >= 15 is 0 Å². The van der Waals surface area contributed by atoms with Gasteiger partial charge in [0.2, 0.25) is 11.5 Å². The minimum atomic E-state index is -0.825. The Kier molecular flexibility index (Phi) is 6.46. The molecule has 0 fully saturated rings. The van der Waals surface area contributed by atoms with Gasteiger partial charge in [-0.1, -0.05) is 72.4 Å². The minimum Gasteiger partial charge on any atom is -0.539 e. The van der Waals surface area contributed by atoms with Crippen LogP contribution in [0.3, 0.4) is 0 Å². The fourth-order valence-corrected chi connectivity index (χ4v) is 4.60. The molecule has 1 aliphatic rings. The zero-order valence-electron chi connectivity index (χ0n) is 19.2. The number of benzene rings is 3. The molecule has 2 heterocycles. The number of nitrogens with zero attached hydrogens (tertiary/aromatic N) is 4. The number of aromatic nitrogens is 2. The van der Waals surface area contributed by atoms with Crippen molar-refractivity contribution < 1.29 is 23.9 Å². The van der Waals surface area contributed by atoms with Crippen molar-refractivity contribution in [3.8, 4) is 11.6 Å². The van der Waals surface area contributed by atoms with E-state index in [1.54, 1.807) is 42.5 Å². The number of carbonyl (C=O) groups excluding carboxylic acids is 2. The maximum absolute atomic E-state index is 13.4. The summed E-state index contributed by atoms with van der Waals surface area (Å²) in [6.07, 6.45) is 1.74. The van der Waals surface area contributed by atoms with E-state index in [0.29, 0.717) is 16.5 Å². The van der Waals surface area contributed by atoms with Gasteiger partial charge >= 0.3 is 5.69 Å². The smallest absolute Gasteiger partial charge is 0.307 e. The molecule has 0 bridgehead atoms. The molecule has 0 N–H and O–H groups in total. The van der Waals surface area contributed by atoms with Gasteiger partial charge in [-0.25, -0.2) is 4.99 Å². The SMILES string of the molecule is Cc1ccccc1/C=C1/N=C(SCC(=O)c2c([O-])on[n+]2-c2ccccc2)N(c2ccccc2)C1=O. The molecule has 8 nitrogen and oxygen atoms in total. The number of amides is 1. The molecule has 5 rings (SSSR count). The van der Waals surface area contributed by atoms with Crippen LogP contribution >= 0.6 is 11.8 Å². The van der Waals surface area contributed by atoms with Crippen LogP contribution in [-0.4, -0.2) is 27.9 Å². The molecule has 0 aliphatic carbocycles. The number of rotatable bonds is 6. The summed E-state index contributed by atoms with van der Waals surface area (Å²) in [4.78, 5) is 32.5. The highest BCUT2D eigenvalue weighted by Gasteiger charge is 2.34. The van der Waals surface area contributed by atoms with Crippen LogP contribution in [0.1, 0.15) is 21.6 Å². The van der Waals surface area contributed by atoms with Crippen molar-refractivity contribution in [3.05, 3.63) is 107 Å². The Hall–Kier alpha value is -4.50. The molecular weight excluding hydrogens is 476 g/mol. The number of amidine groups is 1. The monoisotopic (exact) mass is 496 g/mol. The summed E-state index contributed by atoms with van der Waals surface area (Å²) in [6.45, 7) is 1.96. The molecule has 0 saturated carbocycles. The van der Waals surface area contributed by atoms with Crippen molar-refractivity contribution in [2.45, 2.75) is 6.92 Å². The lowest BCUT2D eigenvalue weighted by Gasteiger charge is -2.17. The summed E-state index contributed by atoms with van der Waals surface area (Å²) in [5.74, 6) is -1.76. The lowest BCUT2D eigenvalue weighted by molar-refractivity contribution is -0.672. The number of para-hydroxylation sites is 2. The van der Waals surface area contributed by atoms with Crippen LogP contribution < -0.4 is 14.7 Å². The predicted octanol–water partition coefficient (Wildman–Crippen LogP) is 3.69. The van der Waals surface area contributed by atoms with Crippen molar-refractivity contribution in [2.24, 2.45) is 4.99 Å². The van der Waals surface area contributed by atoms with Crippen LogP contribution in [0, 0.1) is 6.92 Å². The van der Waals surface area contributed by atoms with Gasteiger partial charge in [0.05, 0.1) is 16.7 Å². The molecule has 1 amide bonds. The first-order valence-electron chi connectivity index (χ1n) is 11.1. The molecule has 36 heavy (non-hydrogen) atoms. The van der Waals surface area contributed by atoms with Gasteiger partial charge < -0.3 is 9.63 Å². The standard InChI is InChI=1S/C27H20N4O4S/c1-18-10-8-9-11-19(18)16-22-25(33)30(20-12-4-2-5-13-20)27(28-22)36-17-23(32)24-26(34)35-29-31(24)21-14-6-3-7-15-21/h2-16H,17H2,1H3/b22-16+. The van der Waals surface area contributed by atoms with Gasteiger partial charge in [-0.3, -0.25) is 14.5 Å². The third kappa shape index (κ3) is 4.56. The van der Waals surface area contributed by atoms with E-state index in [1.807, 2.05) is 55.5 Å². The number of thioether (sulfide) groups is 1. The number of aryl methyl sites for hydroxylation is 1. The first kappa shape index (κ1) is 23.3. The summed E-state index contributed by atoms with van der Waals surface area (Å²) in [7, 11) is 0. The van der Waals surface area contributed by atoms with Gasteiger partial charge in [-0.2, -0.15) is 0 Å². The van der Waals surface area contributed by atoms with Crippen LogP contribution in [0.2, 0.25) is 0 Å². The Morgan fingerprint density at radius 1 is 1.03 bits per heavy atom. The van der Waals surface area contributed by atoms with Crippen LogP contribution in [0.4, 0.5) is 5.69 Å². The number of anilines is 1. The quantitative estimate of drug-likeness (QED) is 0.229. The van der Waals surface area contributed by atoms with Crippen molar-refractivity contribution in [1.82, 2.24) is 5.27 Å². The zero-order chi connectivity index (χ0) is 25.1. The molecule has 3 aromatic carbocycles. The number of carbonyl (C=O) groups is 2. The first-order chi connectivity index (χ1) is 17.5. The molecule has 0 radical (unpaired) electrons.